The van der Waals surface area contributed by atoms with Crippen molar-refractivity contribution in [3.8, 4) is 0 Å². The first-order chi connectivity index (χ1) is 11.7. The summed E-state index contributed by atoms with van der Waals surface area (Å²) in [4.78, 5) is 1.66. The Morgan fingerprint density at radius 1 is 1.20 bits per heavy atom. The number of hydrogen-bond donors (Lipinski definition) is 0. The summed E-state index contributed by atoms with van der Waals surface area (Å²) in [6, 6.07) is 2.67. The predicted octanol–water partition coefficient (Wildman–Crippen LogP) is 2.70. The molecule has 142 valence electrons. The molecule has 0 amide bonds. The smallest absolute Gasteiger partial charge is 0.380 e. The van der Waals surface area contributed by atoms with Gasteiger partial charge in [-0.25, -0.2) is 8.42 Å². The van der Waals surface area contributed by atoms with Crippen LogP contribution in [0.5, 0.6) is 0 Å². The van der Waals surface area contributed by atoms with Gasteiger partial charge in [-0.2, -0.15) is 17.5 Å². The Balaban J connectivity index is 2.10. The minimum Gasteiger partial charge on any atom is -0.380 e. The first-order valence-corrected chi connectivity index (χ1v) is 9.65. The van der Waals surface area contributed by atoms with Gasteiger partial charge in [0.15, 0.2) is 0 Å². The minimum atomic E-state index is -4.71. The van der Waals surface area contributed by atoms with Gasteiger partial charge in [0.05, 0.1) is 22.1 Å². The molecule has 1 heterocycles. The van der Waals surface area contributed by atoms with Gasteiger partial charge in [0.25, 0.3) is 0 Å². The van der Waals surface area contributed by atoms with Crippen LogP contribution < -0.4 is 0 Å². The average Bonchev–Trinajstić information content (AvgIpc) is 2.55. The van der Waals surface area contributed by atoms with Crippen molar-refractivity contribution in [2.24, 2.45) is 0 Å². The van der Waals surface area contributed by atoms with Crippen LogP contribution in [0, 0.1) is 0 Å². The van der Waals surface area contributed by atoms with Crippen LogP contribution in [0.2, 0.25) is 5.02 Å². The maximum atomic E-state index is 12.9. The fourth-order valence-corrected chi connectivity index (χ4v) is 4.24. The fraction of sp³-hybridized carbons (Fsp3) is 0.600. The van der Waals surface area contributed by atoms with Gasteiger partial charge in [0, 0.05) is 39.3 Å². The van der Waals surface area contributed by atoms with E-state index in [9.17, 15) is 21.6 Å². The van der Waals surface area contributed by atoms with Crippen molar-refractivity contribution in [1.82, 2.24) is 9.21 Å². The molecule has 0 spiro atoms. The molecule has 1 saturated heterocycles. The second-order valence-electron chi connectivity index (χ2n) is 5.58. The number of benzene rings is 1. The standard InChI is InChI=1S/C15H20ClF3N2O3S/c1-2-24-10-9-20-5-7-21(8-6-20)25(22,23)12-3-4-14(16)13(11-12)15(17,18)19/h3-4,11H,2,5-10H2,1H3. The van der Waals surface area contributed by atoms with E-state index >= 15 is 0 Å². The van der Waals surface area contributed by atoms with Crippen LogP contribution in [0.4, 0.5) is 13.2 Å². The molecule has 0 atom stereocenters. The molecule has 5 nitrogen and oxygen atoms in total. The Morgan fingerprint density at radius 2 is 1.84 bits per heavy atom. The highest BCUT2D eigenvalue weighted by atomic mass is 35.5. The molecular weight excluding hydrogens is 381 g/mol. The number of halogens is 4. The van der Waals surface area contributed by atoms with Crippen molar-refractivity contribution >= 4 is 21.6 Å². The van der Waals surface area contributed by atoms with E-state index in [4.69, 9.17) is 16.3 Å². The van der Waals surface area contributed by atoms with E-state index < -0.39 is 31.7 Å². The van der Waals surface area contributed by atoms with E-state index in [0.29, 0.717) is 38.9 Å². The Bertz CT molecular complexity index is 690. The van der Waals surface area contributed by atoms with Crippen LogP contribution in [0.25, 0.3) is 0 Å². The van der Waals surface area contributed by atoms with E-state index in [-0.39, 0.29) is 13.1 Å². The molecule has 1 aliphatic rings. The summed E-state index contributed by atoms with van der Waals surface area (Å²) in [6.45, 7) is 5.23. The number of rotatable bonds is 6. The summed E-state index contributed by atoms with van der Waals surface area (Å²) in [6.07, 6.45) is -4.71. The van der Waals surface area contributed by atoms with E-state index in [1.807, 2.05) is 6.92 Å². The number of alkyl halides is 3. The van der Waals surface area contributed by atoms with Gasteiger partial charge in [-0.3, -0.25) is 4.90 Å². The van der Waals surface area contributed by atoms with Gasteiger partial charge in [0.1, 0.15) is 0 Å². The summed E-state index contributed by atoms with van der Waals surface area (Å²) in [5.41, 5.74) is -1.15. The molecule has 0 bridgehead atoms. The fourth-order valence-electron chi connectivity index (χ4n) is 2.56. The molecule has 1 fully saturated rings. The van der Waals surface area contributed by atoms with Crippen LogP contribution in [0.3, 0.4) is 0 Å². The van der Waals surface area contributed by atoms with E-state index in [1.54, 1.807) is 0 Å². The summed E-state index contributed by atoms with van der Waals surface area (Å²) in [5, 5.41) is -0.521. The monoisotopic (exact) mass is 400 g/mol. The third kappa shape index (κ3) is 5.07. The highest BCUT2D eigenvalue weighted by Gasteiger charge is 2.36. The molecule has 0 saturated carbocycles. The number of nitrogens with zero attached hydrogens (tertiary/aromatic N) is 2. The first kappa shape index (κ1) is 20.4. The molecule has 10 heteroatoms. The summed E-state index contributed by atoms with van der Waals surface area (Å²) in [5.74, 6) is 0. The molecule has 2 rings (SSSR count). The molecule has 1 aliphatic heterocycles. The van der Waals surface area contributed by atoms with Gasteiger partial charge < -0.3 is 4.74 Å². The SMILES string of the molecule is CCOCCN1CCN(S(=O)(=O)c2ccc(Cl)c(C(F)(F)F)c2)CC1. The van der Waals surface area contributed by atoms with E-state index in [0.717, 1.165) is 12.1 Å². The summed E-state index contributed by atoms with van der Waals surface area (Å²) >= 11 is 5.55. The van der Waals surface area contributed by atoms with Gasteiger partial charge >= 0.3 is 6.18 Å². The third-order valence-electron chi connectivity index (χ3n) is 3.97. The second-order valence-corrected chi connectivity index (χ2v) is 7.93. The van der Waals surface area contributed by atoms with Crippen LogP contribution >= 0.6 is 11.6 Å². The maximum Gasteiger partial charge on any atom is 0.417 e. The van der Waals surface area contributed by atoms with Crippen molar-refractivity contribution in [2.45, 2.75) is 18.0 Å². The van der Waals surface area contributed by atoms with Gasteiger partial charge in [-0.05, 0) is 25.1 Å². The molecule has 0 aliphatic carbocycles. The first-order valence-electron chi connectivity index (χ1n) is 7.83. The lowest BCUT2D eigenvalue weighted by atomic mass is 10.2. The zero-order valence-corrected chi connectivity index (χ0v) is 15.3. The number of ether oxygens (including phenoxy) is 1. The molecule has 1 aromatic carbocycles. The average molecular weight is 401 g/mol. The highest BCUT2D eigenvalue weighted by molar-refractivity contribution is 7.89. The van der Waals surface area contributed by atoms with Gasteiger partial charge in [-0.15, -0.1) is 0 Å². The van der Waals surface area contributed by atoms with Gasteiger partial charge in [-0.1, -0.05) is 11.6 Å². The Morgan fingerprint density at radius 3 is 2.40 bits per heavy atom. The molecule has 0 unspecified atom stereocenters. The van der Waals surface area contributed by atoms with Crippen LogP contribution in [-0.2, 0) is 20.9 Å². The number of hydrogen-bond acceptors (Lipinski definition) is 4. The second kappa shape index (κ2) is 8.22. The summed E-state index contributed by atoms with van der Waals surface area (Å²) < 4.78 is 70.5. The molecule has 0 aromatic heterocycles. The molecular formula is C15H20ClF3N2O3S. The number of piperazine rings is 1. The van der Waals surface area contributed by atoms with Crippen molar-refractivity contribution in [3.63, 3.8) is 0 Å². The molecule has 25 heavy (non-hydrogen) atoms. The third-order valence-corrected chi connectivity index (χ3v) is 6.19. The van der Waals surface area contributed by atoms with E-state index in [2.05, 4.69) is 4.90 Å². The van der Waals surface area contributed by atoms with Crippen LogP contribution in [-0.4, -0.2) is 63.6 Å². The minimum absolute atomic E-state index is 0.221. The predicted molar refractivity (Wildman–Crippen MR) is 88.1 cm³/mol. The Labute approximate surface area is 150 Å². The quantitative estimate of drug-likeness (QED) is 0.689. The Kier molecular flexibility index (Phi) is 6.72. The van der Waals surface area contributed by atoms with Crippen LogP contribution in [0.15, 0.2) is 23.1 Å². The van der Waals surface area contributed by atoms with Crippen molar-refractivity contribution < 1.29 is 26.3 Å². The number of sulfonamides is 1. The summed E-state index contributed by atoms with van der Waals surface area (Å²) in [7, 11) is -3.99. The molecule has 0 radical (unpaired) electrons. The Hall–Kier alpha value is -0.870. The lowest BCUT2D eigenvalue weighted by molar-refractivity contribution is -0.137. The normalized spacial score (nSPS) is 17.8. The molecule has 1 aromatic rings. The molecule has 0 N–H and O–H groups in total. The zero-order valence-electron chi connectivity index (χ0n) is 13.7. The van der Waals surface area contributed by atoms with Gasteiger partial charge in [0.2, 0.25) is 10.0 Å². The van der Waals surface area contributed by atoms with Crippen molar-refractivity contribution in [2.75, 3.05) is 45.9 Å². The highest BCUT2D eigenvalue weighted by Crippen LogP contribution is 2.36. The van der Waals surface area contributed by atoms with E-state index in [1.165, 1.54) is 4.31 Å². The largest absolute Gasteiger partial charge is 0.417 e. The van der Waals surface area contributed by atoms with Crippen LogP contribution in [0.1, 0.15) is 12.5 Å². The lowest BCUT2D eigenvalue weighted by Crippen LogP contribution is -2.49. The topological polar surface area (TPSA) is 49.9 Å². The van der Waals surface area contributed by atoms with Crippen molar-refractivity contribution in [1.29, 1.82) is 0 Å². The zero-order chi connectivity index (χ0) is 18.7. The lowest BCUT2D eigenvalue weighted by Gasteiger charge is -2.33. The van der Waals surface area contributed by atoms with Crippen molar-refractivity contribution in [3.05, 3.63) is 28.8 Å². The maximum absolute atomic E-state index is 12.9.